The Labute approximate surface area is 181 Å². The second-order valence-corrected chi connectivity index (χ2v) is 8.32. The van der Waals surface area contributed by atoms with Crippen molar-refractivity contribution in [2.75, 3.05) is 6.61 Å². The number of hydrogen-bond acceptors (Lipinski definition) is 6. The summed E-state index contributed by atoms with van der Waals surface area (Å²) in [4.78, 5) is 0. The third kappa shape index (κ3) is 4.46. The maximum absolute atomic E-state index is 10.5. The van der Waals surface area contributed by atoms with Crippen molar-refractivity contribution in [2.24, 2.45) is 0 Å². The van der Waals surface area contributed by atoms with Gasteiger partial charge in [-0.3, -0.25) is 0 Å². The number of aliphatic hydroxyl groups excluding tert-OH is 4. The molecule has 1 aromatic heterocycles. The lowest BCUT2D eigenvalue weighted by Gasteiger charge is -2.40. The average molecular weight is 427 g/mol. The van der Waals surface area contributed by atoms with E-state index in [0.717, 1.165) is 22.2 Å². The van der Waals surface area contributed by atoms with Crippen LogP contribution in [0, 0.1) is 0 Å². The molecule has 3 aromatic rings. The Balaban J connectivity index is 1.59. The first-order chi connectivity index (χ1) is 14.9. The van der Waals surface area contributed by atoms with Crippen LogP contribution in [0.25, 0.3) is 10.9 Å². The van der Waals surface area contributed by atoms with Crippen LogP contribution < -0.4 is 4.74 Å². The summed E-state index contributed by atoms with van der Waals surface area (Å²) in [7, 11) is 0. The molecule has 5 atom stereocenters. The molecule has 7 heteroatoms. The first-order valence-electron chi connectivity index (χ1n) is 10.5. The first kappa shape index (κ1) is 21.8. The van der Waals surface area contributed by atoms with E-state index < -0.39 is 37.1 Å². The molecule has 4 rings (SSSR count). The van der Waals surface area contributed by atoms with Gasteiger partial charge in [-0.15, -0.1) is 0 Å². The number of aliphatic hydroxyl groups is 4. The number of rotatable bonds is 6. The van der Waals surface area contributed by atoms with Gasteiger partial charge in [0.1, 0.15) is 36.3 Å². The molecule has 1 aliphatic rings. The van der Waals surface area contributed by atoms with E-state index in [2.05, 4.69) is 4.57 Å². The van der Waals surface area contributed by atoms with Crippen molar-refractivity contribution in [2.45, 2.75) is 57.0 Å². The van der Waals surface area contributed by atoms with Crippen LogP contribution in [0.4, 0.5) is 0 Å². The zero-order valence-electron chi connectivity index (χ0n) is 17.6. The molecule has 2 heterocycles. The lowest BCUT2D eigenvalue weighted by Crippen LogP contribution is -2.55. The van der Waals surface area contributed by atoms with Crippen LogP contribution in [0.2, 0.25) is 0 Å². The summed E-state index contributed by atoms with van der Waals surface area (Å²) in [5.41, 5.74) is 2.74. The van der Waals surface area contributed by atoms with Crippen molar-refractivity contribution in [3.05, 3.63) is 65.9 Å². The minimum atomic E-state index is -1.40. The van der Waals surface area contributed by atoms with Crippen molar-refractivity contribution in [1.82, 2.24) is 4.57 Å². The minimum absolute atomic E-state index is 0.125. The molecule has 0 saturated carbocycles. The van der Waals surface area contributed by atoms with Gasteiger partial charge in [0.15, 0.2) is 0 Å². The molecular weight excluding hydrogens is 398 g/mol. The Hall–Kier alpha value is -2.42. The van der Waals surface area contributed by atoms with Gasteiger partial charge in [-0.1, -0.05) is 24.3 Å². The largest absolute Gasteiger partial charge is 0.491 e. The molecule has 4 N–H and O–H groups in total. The van der Waals surface area contributed by atoms with E-state index in [0.29, 0.717) is 12.1 Å². The molecule has 0 amide bonds. The molecule has 7 nitrogen and oxygen atoms in total. The predicted molar refractivity (Wildman–Crippen MR) is 116 cm³/mol. The van der Waals surface area contributed by atoms with Gasteiger partial charge in [0.05, 0.1) is 12.7 Å². The van der Waals surface area contributed by atoms with E-state index in [9.17, 15) is 20.4 Å². The van der Waals surface area contributed by atoms with Crippen LogP contribution in [-0.2, 0) is 11.3 Å². The number of benzene rings is 2. The van der Waals surface area contributed by atoms with E-state index in [1.807, 2.05) is 68.6 Å². The predicted octanol–water partition coefficient (Wildman–Crippen LogP) is 1.99. The lowest BCUT2D eigenvalue weighted by molar-refractivity contribution is -0.231. The molecule has 0 aliphatic carbocycles. The summed E-state index contributed by atoms with van der Waals surface area (Å²) in [5.74, 6) is 0.834. The Morgan fingerprint density at radius 2 is 1.71 bits per heavy atom. The Morgan fingerprint density at radius 3 is 2.39 bits per heavy atom. The third-order valence-electron chi connectivity index (χ3n) is 5.67. The zero-order valence-corrected chi connectivity index (χ0v) is 17.6. The molecule has 31 heavy (non-hydrogen) atoms. The summed E-state index contributed by atoms with van der Waals surface area (Å²) < 4.78 is 13.5. The summed E-state index contributed by atoms with van der Waals surface area (Å²) >= 11 is 0. The molecular formula is C24H29NO6. The van der Waals surface area contributed by atoms with Gasteiger partial charge >= 0.3 is 0 Å². The topological polar surface area (TPSA) is 104 Å². The smallest absolute Gasteiger partial charge is 0.119 e. The van der Waals surface area contributed by atoms with Crippen LogP contribution in [0.3, 0.4) is 0 Å². The molecule has 0 bridgehead atoms. The first-order valence-corrected chi connectivity index (χ1v) is 10.5. The summed E-state index contributed by atoms with van der Waals surface area (Å²) in [6.45, 7) is 4.19. The SMILES string of the molecule is CC(C)Oc1ccc(Cn2ccc3ccc([C@@H]4O[C@H](CO)[C@@H](O)[C@H](O)[C@H]4O)cc32)cc1. The van der Waals surface area contributed by atoms with Crippen molar-refractivity contribution >= 4 is 10.9 Å². The van der Waals surface area contributed by atoms with Crippen LogP contribution in [0.15, 0.2) is 54.7 Å². The van der Waals surface area contributed by atoms with Gasteiger partial charge in [0.2, 0.25) is 0 Å². The molecule has 0 spiro atoms. The van der Waals surface area contributed by atoms with Crippen molar-refractivity contribution in [3.63, 3.8) is 0 Å². The number of aromatic nitrogens is 1. The average Bonchev–Trinajstić information content (AvgIpc) is 3.15. The number of fused-ring (bicyclic) bond motifs is 1. The summed E-state index contributed by atoms with van der Waals surface area (Å²) in [6, 6.07) is 15.7. The minimum Gasteiger partial charge on any atom is -0.491 e. The van der Waals surface area contributed by atoms with E-state index >= 15 is 0 Å². The van der Waals surface area contributed by atoms with Crippen molar-refractivity contribution in [3.8, 4) is 5.75 Å². The Kier molecular flexibility index (Phi) is 6.31. The highest BCUT2D eigenvalue weighted by molar-refractivity contribution is 5.81. The van der Waals surface area contributed by atoms with Crippen molar-refractivity contribution < 1.29 is 29.9 Å². The number of ether oxygens (including phenoxy) is 2. The number of nitrogens with zero attached hydrogens (tertiary/aromatic N) is 1. The Bertz CT molecular complexity index is 1010. The fourth-order valence-corrected chi connectivity index (χ4v) is 4.04. The van der Waals surface area contributed by atoms with Gasteiger partial charge in [-0.05, 0) is 54.6 Å². The third-order valence-corrected chi connectivity index (χ3v) is 5.67. The van der Waals surface area contributed by atoms with Gasteiger partial charge < -0.3 is 34.5 Å². The highest BCUT2D eigenvalue weighted by Crippen LogP contribution is 2.34. The monoisotopic (exact) mass is 427 g/mol. The lowest BCUT2D eigenvalue weighted by atomic mass is 9.91. The highest BCUT2D eigenvalue weighted by Gasteiger charge is 2.43. The van der Waals surface area contributed by atoms with Crippen LogP contribution in [0.5, 0.6) is 5.75 Å². The molecule has 1 fully saturated rings. The van der Waals surface area contributed by atoms with Crippen molar-refractivity contribution in [1.29, 1.82) is 0 Å². The second-order valence-electron chi connectivity index (χ2n) is 8.32. The van der Waals surface area contributed by atoms with Gasteiger partial charge in [0.25, 0.3) is 0 Å². The standard InChI is InChI=1S/C24H29NO6/c1-14(2)30-18-7-3-15(4-8-18)12-25-10-9-16-5-6-17(11-19(16)25)24-23(29)22(28)21(27)20(13-26)31-24/h3-11,14,20-24,26-29H,12-13H2,1-2H3/t20-,21-,22+,23-,24+/m1/s1. The van der Waals surface area contributed by atoms with Gasteiger partial charge in [-0.25, -0.2) is 0 Å². The quantitative estimate of drug-likeness (QED) is 0.480. The normalized spacial score (nSPS) is 26.5. The highest BCUT2D eigenvalue weighted by atomic mass is 16.5. The van der Waals surface area contributed by atoms with E-state index in [4.69, 9.17) is 9.47 Å². The molecule has 0 radical (unpaired) electrons. The summed E-state index contributed by atoms with van der Waals surface area (Å²) in [5, 5.41) is 41.1. The van der Waals surface area contributed by atoms with Gasteiger partial charge in [-0.2, -0.15) is 0 Å². The Morgan fingerprint density at radius 1 is 0.968 bits per heavy atom. The molecule has 166 valence electrons. The van der Waals surface area contributed by atoms with Crippen LogP contribution in [0.1, 0.15) is 31.1 Å². The molecule has 2 aromatic carbocycles. The van der Waals surface area contributed by atoms with E-state index in [-0.39, 0.29) is 6.10 Å². The van der Waals surface area contributed by atoms with Crippen LogP contribution in [-0.4, -0.2) is 62.1 Å². The van der Waals surface area contributed by atoms with E-state index in [1.54, 1.807) is 0 Å². The fraction of sp³-hybridized carbons (Fsp3) is 0.417. The number of hydrogen-bond donors (Lipinski definition) is 4. The fourth-order valence-electron chi connectivity index (χ4n) is 4.04. The molecule has 1 aliphatic heterocycles. The molecule has 0 unspecified atom stereocenters. The molecule has 1 saturated heterocycles. The summed E-state index contributed by atoms with van der Waals surface area (Å²) in [6.07, 6.45) is -3.72. The zero-order chi connectivity index (χ0) is 22.1. The maximum atomic E-state index is 10.5. The van der Waals surface area contributed by atoms with Crippen LogP contribution >= 0.6 is 0 Å². The maximum Gasteiger partial charge on any atom is 0.119 e. The van der Waals surface area contributed by atoms with E-state index in [1.165, 1.54) is 0 Å². The van der Waals surface area contributed by atoms with Gasteiger partial charge in [0, 0.05) is 18.3 Å². The second kappa shape index (κ2) is 8.98.